The van der Waals surface area contributed by atoms with Crippen molar-refractivity contribution in [3.8, 4) is 11.1 Å². The van der Waals surface area contributed by atoms with Crippen LogP contribution in [-0.4, -0.2) is 18.8 Å². The first-order valence-corrected chi connectivity index (χ1v) is 8.23. The van der Waals surface area contributed by atoms with Crippen molar-refractivity contribution < 1.29 is 9.53 Å². The monoisotopic (exact) mass is 329 g/mol. The van der Waals surface area contributed by atoms with Crippen LogP contribution in [0.25, 0.3) is 11.1 Å². The number of ether oxygens (including phenoxy) is 1. The molecule has 124 valence electrons. The molecule has 0 N–H and O–H groups in total. The van der Waals surface area contributed by atoms with Crippen LogP contribution in [0.4, 0.5) is 5.69 Å². The Balaban J connectivity index is 1.77. The van der Waals surface area contributed by atoms with Gasteiger partial charge in [0.2, 0.25) is 0 Å². The molecule has 0 unspecified atom stereocenters. The van der Waals surface area contributed by atoms with E-state index in [0.29, 0.717) is 12.2 Å². The minimum absolute atomic E-state index is 0.298. The van der Waals surface area contributed by atoms with Gasteiger partial charge in [0.05, 0.1) is 17.9 Å². The Morgan fingerprint density at radius 1 is 0.920 bits per heavy atom. The molecule has 0 bridgehead atoms. The molecule has 25 heavy (non-hydrogen) atoms. The predicted molar refractivity (Wildman–Crippen MR) is 102 cm³/mol. The second kappa shape index (κ2) is 8.06. The lowest BCUT2D eigenvalue weighted by molar-refractivity contribution is 0.0526. The zero-order valence-electron chi connectivity index (χ0n) is 14.1. The van der Waals surface area contributed by atoms with Gasteiger partial charge >= 0.3 is 5.97 Å². The third kappa shape index (κ3) is 4.42. The summed E-state index contributed by atoms with van der Waals surface area (Å²) in [4.78, 5) is 16.3. The second-order valence-electron chi connectivity index (χ2n) is 5.52. The summed E-state index contributed by atoms with van der Waals surface area (Å²) in [6, 6.07) is 25.4. The van der Waals surface area contributed by atoms with Crippen LogP contribution in [0.2, 0.25) is 0 Å². The van der Waals surface area contributed by atoms with E-state index in [2.05, 4.69) is 4.99 Å². The van der Waals surface area contributed by atoms with Crippen LogP contribution in [-0.2, 0) is 4.74 Å². The topological polar surface area (TPSA) is 38.7 Å². The first-order chi connectivity index (χ1) is 12.3. The van der Waals surface area contributed by atoms with Crippen LogP contribution < -0.4 is 0 Å². The Labute approximate surface area is 147 Å². The zero-order valence-corrected chi connectivity index (χ0v) is 14.1. The van der Waals surface area contributed by atoms with Crippen molar-refractivity contribution in [2.45, 2.75) is 6.92 Å². The molecule has 3 aromatic carbocycles. The molecule has 3 heteroatoms. The van der Waals surface area contributed by atoms with Crippen LogP contribution >= 0.6 is 0 Å². The van der Waals surface area contributed by atoms with E-state index in [1.165, 1.54) is 0 Å². The number of carbonyl (C=O) groups is 1. The van der Waals surface area contributed by atoms with E-state index in [1.807, 2.05) is 79.0 Å². The highest BCUT2D eigenvalue weighted by Crippen LogP contribution is 2.24. The molecule has 3 aromatic rings. The lowest BCUT2D eigenvalue weighted by Crippen LogP contribution is -2.04. The van der Waals surface area contributed by atoms with Crippen LogP contribution in [0.5, 0.6) is 0 Å². The highest BCUT2D eigenvalue weighted by atomic mass is 16.5. The molecule has 0 fully saturated rings. The van der Waals surface area contributed by atoms with Gasteiger partial charge in [-0.3, -0.25) is 4.99 Å². The number of hydrogen-bond donors (Lipinski definition) is 0. The van der Waals surface area contributed by atoms with E-state index in [4.69, 9.17) is 4.74 Å². The number of rotatable bonds is 5. The standard InChI is InChI=1S/C22H19NO2/c1-2-25-22(24)20-10-6-9-19(15-20)18-11-13-21(14-12-18)23-16-17-7-4-3-5-8-17/h3-16H,2H2,1H3. The summed E-state index contributed by atoms with van der Waals surface area (Å²) in [6.45, 7) is 2.17. The number of nitrogens with zero attached hydrogens (tertiary/aromatic N) is 1. The van der Waals surface area contributed by atoms with Gasteiger partial charge in [-0.15, -0.1) is 0 Å². The molecule has 3 nitrogen and oxygen atoms in total. The molecular weight excluding hydrogens is 310 g/mol. The van der Waals surface area contributed by atoms with Gasteiger partial charge in [0.15, 0.2) is 0 Å². The van der Waals surface area contributed by atoms with Gasteiger partial charge in [-0.05, 0) is 47.9 Å². The molecule has 0 aliphatic rings. The number of esters is 1. The number of benzene rings is 3. The number of hydrogen-bond acceptors (Lipinski definition) is 3. The molecule has 0 aliphatic carbocycles. The second-order valence-corrected chi connectivity index (χ2v) is 5.52. The maximum absolute atomic E-state index is 11.9. The van der Waals surface area contributed by atoms with E-state index in [-0.39, 0.29) is 5.97 Å². The fourth-order valence-electron chi connectivity index (χ4n) is 2.47. The Kier molecular flexibility index (Phi) is 5.37. The van der Waals surface area contributed by atoms with E-state index >= 15 is 0 Å². The third-order valence-electron chi connectivity index (χ3n) is 3.74. The minimum atomic E-state index is -0.298. The highest BCUT2D eigenvalue weighted by Gasteiger charge is 2.07. The molecule has 0 aliphatic heterocycles. The number of aliphatic imine (C=N–C) groups is 1. The Morgan fingerprint density at radius 3 is 2.40 bits per heavy atom. The summed E-state index contributed by atoms with van der Waals surface area (Å²) in [5, 5.41) is 0. The van der Waals surface area contributed by atoms with Crippen molar-refractivity contribution in [3.05, 3.63) is 90.0 Å². The van der Waals surface area contributed by atoms with E-state index in [1.54, 1.807) is 13.0 Å². The maximum Gasteiger partial charge on any atom is 0.338 e. The minimum Gasteiger partial charge on any atom is -0.462 e. The van der Waals surface area contributed by atoms with E-state index in [9.17, 15) is 4.79 Å². The van der Waals surface area contributed by atoms with Crippen molar-refractivity contribution in [2.24, 2.45) is 4.99 Å². The molecular formula is C22H19NO2. The van der Waals surface area contributed by atoms with Crippen LogP contribution in [0.3, 0.4) is 0 Å². The van der Waals surface area contributed by atoms with Gasteiger partial charge in [0, 0.05) is 6.21 Å². The molecule has 0 amide bonds. The maximum atomic E-state index is 11.9. The summed E-state index contributed by atoms with van der Waals surface area (Å²) in [7, 11) is 0. The van der Waals surface area contributed by atoms with E-state index in [0.717, 1.165) is 22.4 Å². The van der Waals surface area contributed by atoms with Gasteiger partial charge in [-0.2, -0.15) is 0 Å². The Hall–Kier alpha value is -3.20. The number of carbonyl (C=O) groups excluding carboxylic acids is 1. The Morgan fingerprint density at radius 2 is 1.68 bits per heavy atom. The highest BCUT2D eigenvalue weighted by molar-refractivity contribution is 5.91. The smallest absolute Gasteiger partial charge is 0.338 e. The van der Waals surface area contributed by atoms with Gasteiger partial charge in [-0.1, -0.05) is 54.6 Å². The molecule has 0 saturated carbocycles. The van der Waals surface area contributed by atoms with Crippen molar-refractivity contribution in [1.29, 1.82) is 0 Å². The molecule has 0 atom stereocenters. The first kappa shape index (κ1) is 16.7. The quantitative estimate of drug-likeness (QED) is 0.472. The molecule has 3 rings (SSSR count). The lowest BCUT2D eigenvalue weighted by atomic mass is 10.0. The molecule has 0 aromatic heterocycles. The largest absolute Gasteiger partial charge is 0.462 e. The predicted octanol–water partition coefficient (Wildman–Crippen LogP) is 5.28. The SMILES string of the molecule is CCOC(=O)c1cccc(-c2ccc(N=Cc3ccccc3)cc2)c1. The van der Waals surface area contributed by atoms with Crippen LogP contribution in [0.1, 0.15) is 22.8 Å². The summed E-state index contributed by atoms with van der Waals surface area (Å²) in [6.07, 6.45) is 1.84. The molecule has 0 saturated heterocycles. The Bertz CT molecular complexity index is 868. The fraction of sp³-hybridized carbons (Fsp3) is 0.0909. The third-order valence-corrected chi connectivity index (χ3v) is 3.74. The fourth-order valence-corrected chi connectivity index (χ4v) is 2.47. The summed E-state index contributed by atoms with van der Waals surface area (Å²) >= 11 is 0. The zero-order chi connectivity index (χ0) is 17.5. The van der Waals surface area contributed by atoms with Gasteiger partial charge in [0.25, 0.3) is 0 Å². The van der Waals surface area contributed by atoms with E-state index < -0.39 is 0 Å². The average Bonchev–Trinajstić information content (AvgIpc) is 2.68. The lowest BCUT2D eigenvalue weighted by Gasteiger charge is -2.06. The average molecular weight is 329 g/mol. The van der Waals surface area contributed by atoms with Gasteiger partial charge in [-0.25, -0.2) is 4.79 Å². The molecule has 0 spiro atoms. The normalized spacial score (nSPS) is 10.8. The summed E-state index contributed by atoms with van der Waals surface area (Å²) in [5.41, 5.74) is 4.52. The van der Waals surface area contributed by atoms with Gasteiger partial charge in [0.1, 0.15) is 0 Å². The van der Waals surface area contributed by atoms with Crippen molar-refractivity contribution in [3.63, 3.8) is 0 Å². The molecule has 0 radical (unpaired) electrons. The first-order valence-electron chi connectivity index (χ1n) is 8.23. The van der Waals surface area contributed by atoms with Crippen molar-refractivity contribution in [2.75, 3.05) is 6.61 Å². The van der Waals surface area contributed by atoms with Crippen LogP contribution in [0, 0.1) is 0 Å². The van der Waals surface area contributed by atoms with Crippen molar-refractivity contribution in [1.82, 2.24) is 0 Å². The molecule has 0 heterocycles. The van der Waals surface area contributed by atoms with Gasteiger partial charge < -0.3 is 4.74 Å². The summed E-state index contributed by atoms with van der Waals surface area (Å²) < 4.78 is 5.05. The van der Waals surface area contributed by atoms with Crippen molar-refractivity contribution >= 4 is 17.9 Å². The summed E-state index contributed by atoms with van der Waals surface area (Å²) in [5.74, 6) is -0.298. The van der Waals surface area contributed by atoms with Crippen LogP contribution in [0.15, 0.2) is 83.9 Å².